The van der Waals surface area contributed by atoms with E-state index in [2.05, 4.69) is 33.4 Å². The molecule has 1 fully saturated rings. The lowest BCUT2D eigenvalue weighted by molar-refractivity contribution is 0.374. The first-order valence-corrected chi connectivity index (χ1v) is 10.3. The summed E-state index contributed by atoms with van der Waals surface area (Å²) in [6.45, 7) is 6.31. The zero-order valence-corrected chi connectivity index (χ0v) is 16.4. The summed E-state index contributed by atoms with van der Waals surface area (Å²) in [6.07, 6.45) is 7.43. The van der Waals surface area contributed by atoms with Crippen LogP contribution < -0.4 is 5.32 Å². The lowest BCUT2D eigenvalue weighted by Gasteiger charge is -2.21. The summed E-state index contributed by atoms with van der Waals surface area (Å²) in [4.78, 5) is 16.4. The maximum Gasteiger partial charge on any atom is 0.156 e. The average Bonchev–Trinajstić information content (AvgIpc) is 3.24. The number of imidazole rings is 1. The fourth-order valence-electron chi connectivity index (χ4n) is 3.83. The molecule has 0 atom stereocenters. The van der Waals surface area contributed by atoms with E-state index in [0.717, 1.165) is 64.1 Å². The first-order valence-electron chi connectivity index (χ1n) is 9.46. The van der Waals surface area contributed by atoms with Gasteiger partial charge in [-0.25, -0.2) is 14.5 Å². The molecule has 0 radical (unpaired) electrons. The second kappa shape index (κ2) is 6.65. The molecule has 0 unspecified atom stereocenters. The molecule has 6 nitrogen and oxygen atoms in total. The highest BCUT2D eigenvalue weighted by Gasteiger charge is 2.16. The van der Waals surface area contributed by atoms with Crippen LogP contribution in [0.2, 0.25) is 0 Å². The highest BCUT2D eigenvalue weighted by molar-refractivity contribution is 7.18. The Bertz CT molecular complexity index is 1120. The third kappa shape index (κ3) is 3.21. The van der Waals surface area contributed by atoms with E-state index in [9.17, 15) is 0 Å². The molecular weight excluding hydrogens is 356 g/mol. The van der Waals surface area contributed by atoms with Crippen LogP contribution in [0.5, 0.6) is 0 Å². The molecular formula is C20H22N6S. The van der Waals surface area contributed by atoms with Gasteiger partial charge >= 0.3 is 0 Å². The maximum absolute atomic E-state index is 4.86. The highest BCUT2D eigenvalue weighted by Crippen LogP contribution is 2.29. The van der Waals surface area contributed by atoms with E-state index < -0.39 is 0 Å². The van der Waals surface area contributed by atoms with Gasteiger partial charge in [0.2, 0.25) is 0 Å². The van der Waals surface area contributed by atoms with Gasteiger partial charge in [-0.3, -0.25) is 4.98 Å². The molecule has 5 rings (SSSR count). The van der Waals surface area contributed by atoms with E-state index in [1.165, 1.54) is 17.7 Å². The van der Waals surface area contributed by atoms with Crippen LogP contribution in [-0.2, 0) is 6.42 Å². The molecule has 4 aromatic heterocycles. The van der Waals surface area contributed by atoms with Crippen LogP contribution in [0.4, 0.5) is 0 Å². The quantitative estimate of drug-likeness (QED) is 0.590. The van der Waals surface area contributed by atoms with E-state index in [1.54, 1.807) is 11.3 Å². The molecule has 1 N–H and O–H groups in total. The standard InChI is InChI=1S/C20H22N6S/c1-12-7-16(25-26-11-13(2)23-19(12)26)18-10-22-17-9-15(27-20(17)24-18)8-14-3-5-21-6-4-14/h7,9-11,14,21H,3-6,8H2,1-2H3. The van der Waals surface area contributed by atoms with Crippen molar-refractivity contribution >= 4 is 27.3 Å². The zero-order valence-electron chi connectivity index (χ0n) is 15.6. The minimum Gasteiger partial charge on any atom is -0.317 e. The second-order valence-corrected chi connectivity index (χ2v) is 8.53. The normalized spacial score (nSPS) is 15.8. The molecule has 4 aromatic rings. The van der Waals surface area contributed by atoms with Gasteiger partial charge in [0, 0.05) is 4.88 Å². The van der Waals surface area contributed by atoms with Gasteiger partial charge in [-0.1, -0.05) is 0 Å². The lowest BCUT2D eigenvalue weighted by atomic mass is 9.94. The Kier molecular flexibility index (Phi) is 4.13. The van der Waals surface area contributed by atoms with Crippen LogP contribution in [0.25, 0.3) is 27.4 Å². The number of fused-ring (bicyclic) bond motifs is 2. The fourth-order valence-corrected chi connectivity index (χ4v) is 4.92. The first kappa shape index (κ1) is 16.8. The molecule has 0 saturated carbocycles. The lowest BCUT2D eigenvalue weighted by Crippen LogP contribution is -2.28. The average molecular weight is 379 g/mol. The summed E-state index contributed by atoms with van der Waals surface area (Å²) < 4.78 is 1.84. The van der Waals surface area contributed by atoms with Crippen LogP contribution in [-0.4, -0.2) is 37.7 Å². The van der Waals surface area contributed by atoms with Crippen molar-refractivity contribution in [1.82, 2.24) is 29.9 Å². The van der Waals surface area contributed by atoms with Crippen molar-refractivity contribution in [1.29, 1.82) is 0 Å². The molecule has 7 heteroatoms. The van der Waals surface area contributed by atoms with Crippen molar-refractivity contribution in [3.8, 4) is 11.4 Å². The SMILES string of the molecule is Cc1cn2nc(-c3cnc4cc(CC5CCNCC5)sc4n3)cc(C)c2n1. The number of nitrogens with one attached hydrogen (secondary N) is 1. The van der Waals surface area contributed by atoms with Crippen LogP contribution in [0.15, 0.2) is 24.5 Å². The van der Waals surface area contributed by atoms with Crippen LogP contribution in [0.3, 0.4) is 0 Å². The van der Waals surface area contributed by atoms with Crippen molar-refractivity contribution in [3.05, 3.63) is 40.7 Å². The van der Waals surface area contributed by atoms with Gasteiger partial charge in [-0.05, 0) is 69.8 Å². The fraction of sp³-hybridized carbons (Fsp3) is 0.400. The summed E-state index contributed by atoms with van der Waals surface area (Å²) in [5.74, 6) is 0.773. The van der Waals surface area contributed by atoms with Crippen molar-refractivity contribution in [2.24, 2.45) is 5.92 Å². The number of hydrogen-bond acceptors (Lipinski definition) is 6. The largest absolute Gasteiger partial charge is 0.317 e. The summed E-state index contributed by atoms with van der Waals surface area (Å²) in [7, 11) is 0. The van der Waals surface area contributed by atoms with E-state index in [1.807, 2.05) is 29.9 Å². The Morgan fingerprint density at radius 3 is 2.85 bits per heavy atom. The number of aromatic nitrogens is 5. The van der Waals surface area contributed by atoms with Crippen molar-refractivity contribution < 1.29 is 0 Å². The van der Waals surface area contributed by atoms with Gasteiger partial charge in [0.15, 0.2) is 5.65 Å². The van der Waals surface area contributed by atoms with Gasteiger partial charge in [-0.15, -0.1) is 11.3 Å². The maximum atomic E-state index is 4.86. The van der Waals surface area contributed by atoms with E-state index >= 15 is 0 Å². The van der Waals surface area contributed by atoms with Crippen LogP contribution in [0, 0.1) is 19.8 Å². The molecule has 1 saturated heterocycles. The molecule has 0 aromatic carbocycles. The van der Waals surface area contributed by atoms with Crippen molar-refractivity contribution in [2.75, 3.05) is 13.1 Å². The molecule has 0 spiro atoms. The number of hydrogen-bond donors (Lipinski definition) is 1. The highest BCUT2D eigenvalue weighted by atomic mass is 32.1. The molecule has 5 heterocycles. The second-order valence-electron chi connectivity index (χ2n) is 7.42. The number of nitrogens with zero attached hydrogens (tertiary/aromatic N) is 5. The van der Waals surface area contributed by atoms with Gasteiger partial charge in [0.05, 0.1) is 18.1 Å². The smallest absolute Gasteiger partial charge is 0.156 e. The number of aryl methyl sites for hydroxylation is 2. The Labute approximate surface area is 161 Å². The molecule has 1 aliphatic rings. The predicted octanol–water partition coefficient (Wildman–Crippen LogP) is 3.56. The molecule has 138 valence electrons. The van der Waals surface area contributed by atoms with E-state index in [4.69, 9.17) is 4.98 Å². The zero-order chi connectivity index (χ0) is 18.4. The number of thiophene rings is 1. The molecule has 0 aliphatic carbocycles. The third-order valence-electron chi connectivity index (χ3n) is 5.23. The third-order valence-corrected chi connectivity index (χ3v) is 6.27. The van der Waals surface area contributed by atoms with Crippen LogP contribution >= 0.6 is 11.3 Å². The van der Waals surface area contributed by atoms with Gasteiger partial charge in [0.1, 0.15) is 21.7 Å². The van der Waals surface area contributed by atoms with Gasteiger partial charge in [0.25, 0.3) is 0 Å². The van der Waals surface area contributed by atoms with Gasteiger partial charge < -0.3 is 5.32 Å². The molecule has 27 heavy (non-hydrogen) atoms. The minimum absolute atomic E-state index is 0.773. The Morgan fingerprint density at radius 2 is 2.00 bits per heavy atom. The van der Waals surface area contributed by atoms with Crippen LogP contribution in [0.1, 0.15) is 29.0 Å². The Morgan fingerprint density at radius 1 is 1.15 bits per heavy atom. The molecule has 0 amide bonds. The van der Waals surface area contributed by atoms with Crippen molar-refractivity contribution in [3.63, 3.8) is 0 Å². The number of rotatable bonds is 3. The topological polar surface area (TPSA) is 68.0 Å². The van der Waals surface area contributed by atoms with Gasteiger partial charge in [-0.2, -0.15) is 5.10 Å². The molecule has 1 aliphatic heterocycles. The Balaban J connectivity index is 1.49. The van der Waals surface area contributed by atoms with E-state index in [0.29, 0.717) is 0 Å². The summed E-state index contributed by atoms with van der Waals surface area (Å²) in [5, 5.41) is 8.12. The summed E-state index contributed by atoms with van der Waals surface area (Å²) >= 11 is 1.77. The van der Waals surface area contributed by atoms with E-state index in [-0.39, 0.29) is 0 Å². The predicted molar refractivity (Wildman–Crippen MR) is 108 cm³/mol. The first-order chi connectivity index (χ1) is 13.2. The minimum atomic E-state index is 0.773. The number of piperidine rings is 1. The molecule has 0 bridgehead atoms. The van der Waals surface area contributed by atoms with Crippen molar-refractivity contribution in [2.45, 2.75) is 33.1 Å². The monoisotopic (exact) mass is 378 g/mol. The summed E-state index contributed by atoms with van der Waals surface area (Å²) in [5.41, 5.74) is 5.58. The summed E-state index contributed by atoms with van der Waals surface area (Å²) in [6, 6.07) is 4.25. The Hall–Kier alpha value is -2.38.